The highest BCUT2D eigenvalue weighted by Crippen LogP contribution is 2.19. The molecule has 0 fully saturated rings. The lowest BCUT2D eigenvalue weighted by atomic mass is 10.0. The van der Waals surface area contributed by atoms with Crippen LogP contribution in [-0.2, 0) is 4.79 Å². The number of benzene rings is 3. The number of amides is 2. The van der Waals surface area contributed by atoms with Gasteiger partial charge in [-0.2, -0.15) is 0 Å². The molecule has 0 heterocycles. The van der Waals surface area contributed by atoms with E-state index in [1.54, 1.807) is 36.4 Å². The monoisotopic (exact) mass is 356 g/mol. The van der Waals surface area contributed by atoms with Crippen molar-refractivity contribution in [1.82, 2.24) is 5.32 Å². The number of hydrogen-bond donors (Lipinski definition) is 2. The third-order valence-electron chi connectivity index (χ3n) is 4.12. The molecule has 0 aliphatic heterocycles. The van der Waals surface area contributed by atoms with Crippen LogP contribution in [0.2, 0.25) is 0 Å². The van der Waals surface area contributed by atoms with Gasteiger partial charge in [-0.05, 0) is 42.3 Å². The van der Waals surface area contributed by atoms with Gasteiger partial charge in [0.2, 0.25) is 0 Å². The zero-order valence-electron chi connectivity index (χ0n) is 15.0. The molecule has 2 amide bonds. The number of allylic oxidation sites excluding steroid dienone is 1. The van der Waals surface area contributed by atoms with Crippen LogP contribution in [0.3, 0.4) is 0 Å². The predicted octanol–water partition coefficient (Wildman–Crippen LogP) is 4.49. The highest BCUT2D eigenvalue weighted by Gasteiger charge is 2.18. The van der Waals surface area contributed by atoms with Gasteiger partial charge in [0.25, 0.3) is 11.8 Å². The fourth-order valence-corrected chi connectivity index (χ4v) is 2.64. The summed E-state index contributed by atoms with van der Waals surface area (Å²) in [6, 6.07) is 27.5. The van der Waals surface area contributed by atoms with Gasteiger partial charge in [-0.25, -0.2) is 0 Å². The second-order valence-corrected chi connectivity index (χ2v) is 6.01. The van der Waals surface area contributed by atoms with Crippen molar-refractivity contribution in [2.75, 3.05) is 5.32 Å². The number of carbonyl (C=O) groups excluding carboxylic acids is 2. The number of para-hydroxylation sites is 1. The highest BCUT2D eigenvalue weighted by molar-refractivity contribution is 6.12. The maximum Gasteiger partial charge on any atom is 0.272 e. The first-order chi connectivity index (χ1) is 13.1. The van der Waals surface area contributed by atoms with E-state index in [0.717, 1.165) is 5.56 Å². The zero-order chi connectivity index (χ0) is 19.1. The van der Waals surface area contributed by atoms with Crippen molar-refractivity contribution >= 4 is 23.1 Å². The predicted molar refractivity (Wildman–Crippen MR) is 108 cm³/mol. The fraction of sp³-hybridized carbons (Fsp3) is 0.0435. The van der Waals surface area contributed by atoms with Crippen molar-refractivity contribution in [3.63, 3.8) is 0 Å². The average Bonchev–Trinajstić information content (AvgIpc) is 2.73. The molecule has 4 nitrogen and oxygen atoms in total. The summed E-state index contributed by atoms with van der Waals surface area (Å²) in [4.78, 5) is 25.5. The van der Waals surface area contributed by atoms with Gasteiger partial charge in [0.1, 0.15) is 5.70 Å². The van der Waals surface area contributed by atoms with E-state index < -0.39 is 0 Å². The van der Waals surface area contributed by atoms with Crippen LogP contribution in [0.4, 0.5) is 5.69 Å². The lowest BCUT2D eigenvalue weighted by Gasteiger charge is -2.15. The van der Waals surface area contributed by atoms with E-state index in [9.17, 15) is 9.59 Å². The summed E-state index contributed by atoms with van der Waals surface area (Å²) in [5, 5.41) is 5.62. The van der Waals surface area contributed by atoms with Gasteiger partial charge < -0.3 is 10.6 Å². The third-order valence-corrected chi connectivity index (χ3v) is 4.12. The molecule has 0 aliphatic rings. The Balaban J connectivity index is 1.93. The van der Waals surface area contributed by atoms with Gasteiger partial charge in [-0.1, -0.05) is 66.7 Å². The van der Waals surface area contributed by atoms with Crippen molar-refractivity contribution in [1.29, 1.82) is 0 Å². The van der Waals surface area contributed by atoms with E-state index in [0.29, 0.717) is 16.8 Å². The second-order valence-electron chi connectivity index (χ2n) is 6.01. The molecule has 2 N–H and O–H groups in total. The van der Waals surface area contributed by atoms with Crippen LogP contribution >= 0.6 is 0 Å². The molecular weight excluding hydrogens is 336 g/mol. The van der Waals surface area contributed by atoms with Crippen LogP contribution in [0.1, 0.15) is 22.8 Å². The van der Waals surface area contributed by atoms with E-state index >= 15 is 0 Å². The first-order valence-electron chi connectivity index (χ1n) is 8.64. The summed E-state index contributed by atoms with van der Waals surface area (Å²) in [5.41, 5.74) is 2.93. The standard InChI is InChI=1S/C23H20N2O2/c1-17(18-11-5-2-6-12-18)21(23(27)24-20-15-9-4-10-16-20)25-22(26)19-13-7-3-8-14-19/h2-16H,1H3,(H,24,27)(H,25,26)/b21-17-. The Morgan fingerprint density at radius 3 is 1.70 bits per heavy atom. The summed E-state index contributed by atoms with van der Waals surface area (Å²) in [6.45, 7) is 1.82. The Hall–Kier alpha value is -3.66. The molecular formula is C23H20N2O2. The van der Waals surface area contributed by atoms with Crippen LogP contribution < -0.4 is 10.6 Å². The number of rotatable bonds is 5. The molecule has 3 aromatic carbocycles. The van der Waals surface area contributed by atoms with Crippen LogP contribution in [-0.4, -0.2) is 11.8 Å². The Kier molecular flexibility index (Phi) is 5.80. The molecule has 0 unspecified atom stereocenters. The van der Waals surface area contributed by atoms with E-state index in [1.807, 2.05) is 61.5 Å². The van der Waals surface area contributed by atoms with Crippen molar-refractivity contribution in [2.24, 2.45) is 0 Å². The minimum absolute atomic E-state index is 0.221. The van der Waals surface area contributed by atoms with Gasteiger partial charge in [-0.15, -0.1) is 0 Å². The van der Waals surface area contributed by atoms with Crippen molar-refractivity contribution in [3.8, 4) is 0 Å². The molecule has 3 rings (SSSR count). The number of nitrogens with one attached hydrogen (secondary N) is 2. The average molecular weight is 356 g/mol. The topological polar surface area (TPSA) is 58.2 Å². The molecule has 0 radical (unpaired) electrons. The largest absolute Gasteiger partial charge is 0.321 e. The van der Waals surface area contributed by atoms with Gasteiger partial charge in [-0.3, -0.25) is 9.59 Å². The molecule has 0 aliphatic carbocycles. The van der Waals surface area contributed by atoms with Crippen LogP contribution in [0, 0.1) is 0 Å². The molecule has 0 aromatic heterocycles. The quantitative estimate of drug-likeness (QED) is 0.662. The first kappa shape index (κ1) is 18.1. The number of carbonyl (C=O) groups is 2. The van der Waals surface area contributed by atoms with Crippen LogP contribution in [0.15, 0.2) is 96.7 Å². The molecule has 134 valence electrons. The minimum atomic E-state index is -0.369. The smallest absolute Gasteiger partial charge is 0.272 e. The summed E-state index contributed by atoms with van der Waals surface area (Å²) >= 11 is 0. The summed E-state index contributed by atoms with van der Waals surface area (Å²) < 4.78 is 0. The lowest BCUT2D eigenvalue weighted by Crippen LogP contribution is -2.31. The van der Waals surface area contributed by atoms with Gasteiger partial charge in [0.15, 0.2) is 0 Å². The van der Waals surface area contributed by atoms with Crippen molar-refractivity contribution in [3.05, 3.63) is 108 Å². The van der Waals surface area contributed by atoms with Crippen molar-refractivity contribution in [2.45, 2.75) is 6.92 Å². The Bertz CT molecular complexity index is 949. The van der Waals surface area contributed by atoms with E-state index in [-0.39, 0.29) is 17.5 Å². The normalized spacial score (nSPS) is 11.3. The molecule has 27 heavy (non-hydrogen) atoms. The maximum absolute atomic E-state index is 12.9. The summed E-state index contributed by atoms with van der Waals surface area (Å²) in [5.74, 6) is -0.698. The van der Waals surface area contributed by atoms with Crippen LogP contribution in [0.5, 0.6) is 0 Å². The first-order valence-corrected chi connectivity index (χ1v) is 8.64. The molecule has 0 saturated heterocycles. The SMILES string of the molecule is C/C(=C(/NC(=O)c1ccccc1)C(=O)Nc1ccccc1)c1ccccc1. The zero-order valence-corrected chi connectivity index (χ0v) is 15.0. The summed E-state index contributed by atoms with van der Waals surface area (Å²) in [7, 11) is 0. The van der Waals surface area contributed by atoms with E-state index in [4.69, 9.17) is 0 Å². The molecule has 0 bridgehead atoms. The second kappa shape index (κ2) is 8.63. The lowest BCUT2D eigenvalue weighted by molar-refractivity contribution is -0.113. The number of hydrogen-bond acceptors (Lipinski definition) is 2. The Morgan fingerprint density at radius 2 is 1.15 bits per heavy atom. The van der Waals surface area contributed by atoms with Gasteiger partial charge >= 0.3 is 0 Å². The van der Waals surface area contributed by atoms with Gasteiger partial charge in [0.05, 0.1) is 0 Å². The maximum atomic E-state index is 12.9. The molecule has 0 atom stereocenters. The van der Waals surface area contributed by atoms with Crippen molar-refractivity contribution < 1.29 is 9.59 Å². The van der Waals surface area contributed by atoms with E-state index in [1.165, 1.54) is 0 Å². The minimum Gasteiger partial charge on any atom is -0.321 e. The Morgan fingerprint density at radius 1 is 0.667 bits per heavy atom. The van der Waals surface area contributed by atoms with E-state index in [2.05, 4.69) is 10.6 Å². The molecule has 0 spiro atoms. The van der Waals surface area contributed by atoms with Gasteiger partial charge in [0, 0.05) is 11.3 Å². The summed E-state index contributed by atoms with van der Waals surface area (Å²) in [6.07, 6.45) is 0. The molecule has 4 heteroatoms. The molecule has 0 saturated carbocycles. The fourth-order valence-electron chi connectivity index (χ4n) is 2.64. The highest BCUT2D eigenvalue weighted by atomic mass is 16.2. The molecule has 3 aromatic rings. The van der Waals surface area contributed by atoms with Crippen LogP contribution in [0.25, 0.3) is 5.57 Å². The number of anilines is 1. The Labute approximate surface area is 158 Å². The third kappa shape index (κ3) is 4.70.